The Hall–Kier alpha value is -2.58. The number of para-hydroxylation sites is 1. The third-order valence-electron chi connectivity index (χ3n) is 4.43. The van der Waals surface area contributed by atoms with Crippen LogP contribution < -0.4 is 10.2 Å². The zero-order valence-corrected chi connectivity index (χ0v) is 16.4. The Balaban J connectivity index is 0.000000228. The van der Waals surface area contributed by atoms with Gasteiger partial charge in [-0.15, -0.1) is 0 Å². The van der Waals surface area contributed by atoms with Gasteiger partial charge in [-0.3, -0.25) is 0 Å². The first kappa shape index (κ1) is 19.7. The zero-order valence-electron chi connectivity index (χ0n) is 16.4. The first-order chi connectivity index (χ1) is 12.6. The molecule has 0 radical (unpaired) electrons. The summed E-state index contributed by atoms with van der Waals surface area (Å²) in [4.78, 5) is 2.08. The van der Waals surface area contributed by atoms with E-state index in [2.05, 4.69) is 84.7 Å². The van der Waals surface area contributed by atoms with Crippen LogP contribution in [0.2, 0.25) is 0 Å². The Morgan fingerprint density at radius 1 is 0.615 bits per heavy atom. The Kier molecular flexibility index (Phi) is 7.91. The van der Waals surface area contributed by atoms with E-state index in [0.29, 0.717) is 0 Å². The Labute approximate surface area is 158 Å². The molecular formula is C24H30N2. The zero-order chi connectivity index (χ0) is 18.8. The first-order valence-corrected chi connectivity index (χ1v) is 9.10. The quantitative estimate of drug-likeness (QED) is 0.670. The van der Waals surface area contributed by atoms with Crippen LogP contribution in [0.15, 0.2) is 78.9 Å². The van der Waals surface area contributed by atoms with E-state index in [1.54, 1.807) is 0 Å². The van der Waals surface area contributed by atoms with Crippen molar-refractivity contribution in [1.82, 2.24) is 5.32 Å². The minimum absolute atomic E-state index is 0.932. The average molecular weight is 347 g/mol. The van der Waals surface area contributed by atoms with E-state index < -0.39 is 0 Å². The van der Waals surface area contributed by atoms with Crippen LogP contribution in [0, 0.1) is 13.8 Å². The van der Waals surface area contributed by atoms with Gasteiger partial charge in [0.1, 0.15) is 0 Å². The number of anilines is 1. The number of aryl methyl sites for hydroxylation is 2. The minimum Gasteiger partial charge on any atom is -0.378 e. The first-order valence-electron chi connectivity index (χ1n) is 9.10. The van der Waals surface area contributed by atoms with Crippen LogP contribution >= 0.6 is 0 Å². The SMILES string of the molecule is CN(C)c1ccccc1.Cc1ccccc1CNCc1ccccc1C. The third kappa shape index (κ3) is 6.38. The van der Waals surface area contributed by atoms with Crippen LogP contribution in [0.5, 0.6) is 0 Å². The van der Waals surface area contributed by atoms with E-state index >= 15 is 0 Å². The fourth-order valence-electron chi connectivity index (χ4n) is 2.67. The van der Waals surface area contributed by atoms with Crippen molar-refractivity contribution in [2.75, 3.05) is 19.0 Å². The van der Waals surface area contributed by atoms with Gasteiger partial charge in [-0.05, 0) is 48.2 Å². The van der Waals surface area contributed by atoms with Crippen molar-refractivity contribution in [3.8, 4) is 0 Å². The van der Waals surface area contributed by atoms with Crippen molar-refractivity contribution in [3.63, 3.8) is 0 Å². The smallest absolute Gasteiger partial charge is 0.0360 e. The molecule has 3 rings (SSSR count). The summed E-state index contributed by atoms with van der Waals surface area (Å²) < 4.78 is 0. The molecule has 3 aromatic carbocycles. The normalized spacial score (nSPS) is 10.0. The molecule has 0 unspecified atom stereocenters. The van der Waals surface area contributed by atoms with Gasteiger partial charge in [0.25, 0.3) is 0 Å². The van der Waals surface area contributed by atoms with E-state index in [9.17, 15) is 0 Å². The molecule has 136 valence electrons. The fraction of sp³-hybridized carbons (Fsp3) is 0.250. The third-order valence-corrected chi connectivity index (χ3v) is 4.43. The van der Waals surface area contributed by atoms with Crippen LogP contribution in [-0.2, 0) is 13.1 Å². The van der Waals surface area contributed by atoms with Crippen molar-refractivity contribution < 1.29 is 0 Å². The molecule has 0 fully saturated rings. The summed E-state index contributed by atoms with van der Waals surface area (Å²) in [5.41, 5.74) is 6.70. The predicted molar refractivity (Wildman–Crippen MR) is 114 cm³/mol. The lowest BCUT2D eigenvalue weighted by Crippen LogP contribution is -2.14. The standard InChI is InChI=1S/C16H19N.C8H11N/c1-13-7-3-5-9-15(13)11-17-12-16-10-6-4-8-14(16)2;1-9(2)8-6-4-3-5-7-8/h3-10,17H,11-12H2,1-2H3;3-7H,1-2H3. The van der Waals surface area contributed by atoms with Crippen LogP contribution in [0.3, 0.4) is 0 Å². The Bertz CT molecular complexity index is 733. The molecule has 0 aromatic heterocycles. The molecule has 2 heteroatoms. The number of nitrogens with zero attached hydrogens (tertiary/aromatic N) is 1. The van der Waals surface area contributed by atoms with Crippen molar-refractivity contribution in [1.29, 1.82) is 0 Å². The number of hydrogen-bond donors (Lipinski definition) is 1. The van der Waals surface area contributed by atoms with Crippen LogP contribution in [-0.4, -0.2) is 14.1 Å². The summed E-state index contributed by atoms with van der Waals surface area (Å²) in [6.45, 7) is 6.18. The molecule has 0 saturated carbocycles. The highest BCUT2D eigenvalue weighted by atomic mass is 15.1. The number of rotatable bonds is 5. The molecule has 3 aromatic rings. The average Bonchev–Trinajstić information content (AvgIpc) is 2.66. The summed E-state index contributed by atoms with van der Waals surface area (Å²) in [7, 11) is 4.07. The van der Waals surface area contributed by atoms with Crippen molar-refractivity contribution in [3.05, 3.63) is 101 Å². The monoisotopic (exact) mass is 346 g/mol. The molecule has 0 aliphatic rings. The van der Waals surface area contributed by atoms with E-state index in [1.165, 1.54) is 27.9 Å². The van der Waals surface area contributed by atoms with Crippen LogP contribution in [0.1, 0.15) is 22.3 Å². The van der Waals surface area contributed by atoms with Crippen LogP contribution in [0.4, 0.5) is 5.69 Å². The predicted octanol–water partition coefficient (Wildman–Crippen LogP) is 5.35. The summed E-state index contributed by atoms with van der Waals surface area (Å²) in [5.74, 6) is 0. The lowest BCUT2D eigenvalue weighted by Gasteiger charge is -2.10. The van der Waals surface area contributed by atoms with Crippen LogP contribution in [0.25, 0.3) is 0 Å². The van der Waals surface area contributed by atoms with E-state index in [4.69, 9.17) is 0 Å². The summed E-state index contributed by atoms with van der Waals surface area (Å²) in [6.07, 6.45) is 0. The Morgan fingerprint density at radius 3 is 1.42 bits per heavy atom. The van der Waals surface area contributed by atoms with Gasteiger partial charge in [-0.25, -0.2) is 0 Å². The second kappa shape index (κ2) is 10.4. The molecule has 0 heterocycles. The number of hydrogen-bond acceptors (Lipinski definition) is 2. The second-order valence-corrected chi connectivity index (χ2v) is 6.69. The van der Waals surface area contributed by atoms with Gasteiger partial charge in [0.2, 0.25) is 0 Å². The lowest BCUT2D eigenvalue weighted by atomic mass is 10.1. The number of nitrogens with one attached hydrogen (secondary N) is 1. The molecule has 0 aliphatic heterocycles. The van der Waals surface area contributed by atoms with Gasteiger partial charge in [0, 0.05) is 32.9 Å². The number of benzene rings is 3. The van der Waals surface area contributed by atoms with Gasteiger partial charge in [-0.1, -0.05) is 66.7 Å². The summed E-state index contributed by atoms with van der Waals surface area (Å²) >= 11 is 0. The van der Waals surface area contributed by atoms with Gasteiger partial charge in [0.15, 0.2) is 0 Å². The highest BCUT2D eigenvalue weighted by Gasteiger charge is 1.98. The molecule has 0 spiro atoms. The van der Waals surface area contributed by atoms with Crippen molar-refractivity contribution in [2.24, 2.45) is 0 Å². The largest absolute Gasteiger partial charge is 0.378 e. The van der Waals surface area contributed by atoms with Gasteiger partial charge < -0.3 is 10.2 Å². The molecular weight excluding hydrogens is 316 g/mol. The minimum atomic E-state index is 0.932. The molecule has 0 aliphatic carbocycles. The Morgan fingerprint density at radius 2 is 1.04 bits per heavy atom. The van der Waals surface area contributed by atoms with Gasteiger partial charge in [-0.2, -0.15) is 0 Å². The van der Waals surface area contributed by atoms with Gasteiger partial charge in [0.05, 0.1) is 0 Å². The highest BCUT2D eigenvalue weighted by molar-refractivity contribution is 5.43. The van der Waals surface area contributed by atoms with Crippen molar-refractivity contribution in [2.45, 2.75) is 26.9 Å². The summed E-state index contributed by atoms with van der Waals surface area (Å²) in [5, 5.41) is 3.50. The molecule has 0 atom stereocenters. The maximum absolute atomic E-state index is 3.50. The lowest BCUT2D eigenvalue weighted by molar-refractivity contribution is 0.688. The van der Waals surface area contributed by atoms with E-state index in [-0.39, 0.29) is 0 Å². The van der Waals surface area contributed by atoms with Crippen molar-refractivity contribution >= 4 is 5.69 Å². The second-order valence-electron chi connectivity index (χ2n) is 6.69. The molecule has 0 bridgehead atoms. The van der Waals surface area contributed by atoms with E-state index in [1.807, 2.05) is 32.3 Å². The molecule has 0 amide bonds. The topological polar surface area (TPSA) is 15.3 Å². The molecule has 2 nitrogen and oxygen atoms in total. The highest BCUT2D eigenvalue weighted by Crippen LogP contribution is 2.09. The molecule has 26 heavy (non-hydrogen) atoms. The maximum Gasteiger partial charge on any atom is 0.0360 e. The molecule has 0 saturated heterocycles. The van der Waals surface area contributed by atoms with Gasteiger partial charge >= 0.3 is 0 Å². The fourth-order valence-corrected chi connectivity index (χ4v) is 2.67. The van der Waals surface area contributed by atoms with E-state index in [0.717, 1.165) is 13.1 Å². The maximum atomic E-state index is 3.50. The molecule has 1 N–H and O–H groups in total. The summed E-state index contributed by atoms with van der Waals surface area (Å²) in [6, 6.07) is 27.3.